The van der Waals surface area contributed by atoms with Crippen molar-refractivity contribution in [2.45, 2.75) is 18.6 Å². The summed E-state index contributed by atoms with van der Waals surface area (Å²) in [6, 6.07) is 10.3. The van der Waals surface area contributed by atoms with Gasteiger partial charge in [-0.3, -0.25) is 14.8 Å². The first-order valence-electron chi connectivity index (χ1n) is 7.46. The number of carbonyl (C=O) groups is 1. The van der Waals surface area contributed by atoms with Crippen molar-refractivity contribution in [3.05, 3.63) is 53.3 Å². The van der Waals surface area contributed by atoms with Gasteiger partial charge in [0.25, 0.3) is 0 Å². The van der Waals surface area contributed by atoms with Gasteiger partial charge in [0.2, 0.25) is 0 Å². The van der Waals surface area contributed by atoms with Gasteiger partial charge in [0.05, 0.1) is 5.92 Å². The fourth-order valence-corrected chi connectivity index (χ4v) is 3.13. The topological polar surface area (TPSA) is 69.2 Å². The van der Waals surface area contributed by atoms with E-state index in [-0.39, 0.29) is 19.0 Å². The number of nitrogens with one attached hydrogen (secondary N) is 1. The van der Waals surface area contributed by atoms with Crippen LogP contribution in [0.2, 0.25) is 0 Å². The summed E-state index contributed by atoms with van der Waals surface area (Å²) in [6.07, 6.45) is -4.49. The summed E-state index contributed by atoms with van der Waals surface area (Å²) in [5.41, 5.74) is 0.277. The van der Waals surface area contributed by atoms with Gasteiger partial charge in [0, 0.05) is 31.2 Å². The Morgan fingerprint density at radius 2 is 2.00 bits per heavy atom. The zero-order valence-corrected chi connectivity index (χ0v) is 12.6. The molecule has 2 atom stereocenters. The Hall–Kier alpha value is -2.35. The standard InChI is InChI=1S/C16H16F3N3O2/c17-16(18,19)14-6-11(20-21-14)7-22-8-12(13(9-22)15(23)24)10-4-2-1-3-5-10/h1-6,12-13H,7-9H2,(H,20,21)(H,23,24)/t12-,13+/m0/s1. The van der Waals surface area contributed by atoms with Gasteiger partial charge in [-0.2, -0.15) is 18.3 Å². The summed E-state index contributed by atoms with van der Waals surface area (Å²) in [5.74, 6) is -1.67. The Balaban J connectivity index is 1.74. The summed E-state index contributed by atoms with van der Waals surface area (Å²) >= 11 is 0. The Kier molecular flexibility index (Phi) is 4.31. The summed E-state index contributed by atoms with van der Waals surface area (Å²) in [4.78, 5) is 13.4. The molecule has 1 aromatic heterocycles. The molecule has 1 aliphatic rings. The van der Waals surface area contributed by atoms with Gasteiger partial charge < -0.3 is 5.11 Å². The van der Waals surface area contributed by atoms with Gasteiger partial charge >= 0.3 is 12.1 Å². The van der Waals surface area contributed by atoms with E-state index >= 15 is 0 Å². The van der Waals surface area contributed by atoms with E-state index in [0.29, 0.717) is 12.2 Å². The Morgan fingerprint density at radius 3 is 2.58 bits per heavy atom. The van der Waals surface area contributed by atoms with Crippen LogP contribution in [0.4, 0.5) is 13.2 Å². The van der Waals surface area contributed by atoms with Crippen LogP contribution in [0.1, 0.15) is 22.9 Å². The molecule has 0 amide bonds. The molecule has 1 fully saturated rings. The minimum atomic E-state index is -4.49. The van der Waals surface area contributed by atoms with Gasteiger partial charge in [-0.1, -0.05) is 30.3 Å². The summed E-state index contributed by atoms with van der Waals surface area (Å²) in [6.45, 7) is 0.965. The van der Waals surface area contributed by atoms with Crippen LogP contribution in [-0.2, 0) is 17.5 Å². The Bertz CT molecular complexity index is 715. The summed E-state index contributed by atoms with van der Waals surface area (Å²) in [5, 5.41) is 15.1. The molecule has 128 valence electrons. The fraction of sp³-hybridized carbons (Fsp3) is 0.375. The van der Waals surface area contributed by atoms with Crippen molar-refractivity contribution < 1.29 is 23.1 Å². The zero-order valence-electron chi connectivity index (χ0n) is 12.6. The predicted molar refractivity (Wildman–Crippen MR) is 79.2 cm³/mol. The molecule has 2 heterocycles. The van der Waals surface area contributed by atoms with E-state index in [2.05, 4.69) is 10.2 Å². The van der Waals surface area contributed by atoms with E-state index in [1.165, 1.54) is 0 Å². The number of H-pyrrole nitrogens is 1. The van der Waals surface area contributed by atoms with Crippen molar-refractivity contribution in [3.63, 3.8) is 0 Å². The second-order valence-corrected chi connectivity index (χ2v) is 5.93. The number of alkyl halides is 3. The number of nitrogens with zero attached hydrogens (tertiary/aromatic N) is 2. The molecule has 1 aromatic carbocycles. The number of aromatic amines is 1. The van der Waals surface area contributed by atoms with Crippen LogP contribution in [0.5, 0.6) is 0 Å². The smallest absolute Gasteiger partial charge is 0.435 e. The molecule has 0 saturated carbocycles. The largest absolute Gasteiger partial charge is 0.481 e. The van der Waals surface area contributed by atoms with Crippen molar-refractivity contribution in [1.29, 1.82) is 0 Å². The number of carboxylic acid groups (broad SMARTS) is 1. The highest BCUT2D eigenvalue weighted by Gasteiger charge is 2.39. The number of aliphatic carboxylic acids is 1. The number of aromatic nitrogens is 2. The Labute approximate surface area is 136 Å². The average molecular weight is 339 g/mol. The molecule has 1 aliphatic heterocycles. The second-order valence-electron chi connectivity index (χ2n) is 5.93. The molecule has 0 aliphatic carbocycles. The fourth-order valence-electron chi connectivity index (χ4n) is 3.13. The maximum atomic E-state index is 12.6. The van der Waals surface area contributed by atoms with Crippen molar-refractivity contribution in [3.8, 4) is 0 Å². The van der Waals surface area contributed by atoms with Crippen LogP contribution in [-0.4, -0.2) is 39.3 Å². The van der Waals surface area contributed by atoms with Crippen LogP contribution < -0.4 is 0 Å². The number of hydrogen-bond acceptors (Lipinski definition) is 3. The number of likely N-dealkylation sites (tertiary alicyclic amines) is 1. The van der Waals surface area contributed by atoms with E-state index in [1.807, 2.05) is 35.2 Å². The number of benzene rings is 1. The quantitative estimate of drug-likeness (QED) is 0.899. The van der Waals surface area contributed by atoms with E-state index < -0.39 is 23.8 Å². The van der Waals surface area contributed by atoms with Crippen molar-refractivity contribution in [2.24, 2.45) is 5.92 Å². The zero-order chi connectivity index (χ0) is 17.3. The lowest BCUT2D eigenvalue weighted by Crippen LogP contribution is -2.23. The summed E-state index contributed by atoms with van der Waals surface area (Å²) < 4.78 is 37.8. The molecule has 2 N–H and O–H groups in total. The molecule has 24 heavy (non-hydrogen) atoms. The molecular weight excluding hydrogens is 323 g/mol. The molecular formula is C16H16F3N3O2. The van der Waals surface area contributed by atoms with Crippen molar-refractivity contribution in [2.75, 3.05) is 13.1 Å². The lowest BCUT2D eigenvalue weighted by molar-refractivity contribution is -0.142. The van der Waals surface area contributed by atoms with E-state index in [9.17, 15) is 23.1 Å². The third-order valence-corrected chi connectivity index (χ3v) is 4.26. The van der Waals surface area contributed by atoms with Crippen LogP contribution >= 0.6 is 0 Å². The second kappa shape index (κ2) is 6.27. The molecule has 2 aromatic rings. The lowest BCUT2D eigenvalue weighted by Gasteiger charge is -2.15. The van der Waals surface area contributed by atoms with Gasteiger partial charge in [0.15, 0.2) is 5.69 Å². The molecule has 0 bridgehead atoms. The van der Waals surface area contributed by atoms with Crippen molar-refractivity contribution in [1.82, 2.24) is 15.1 Å². The maximum Gasteiger partial charge on any atom is 0.435 e. The molecule has 5 nitrogen and oxygen atoms in total. The Morgan fingerprint density at radius 1 is 1.29 bits per heavy atom. The highest BCUT2D eigenvalue weighted by Crippen LogP contribution is 2.34. The lowest BCUT2D eigenvalue weighted by atomic mass is 9.89. The van der Waals surface area contributed by atoms with Gasteiger partial charge in [-0.15, -0.1) is 0 Å². The SMILES string of the molecule is O=C(O)[C@@H]1CN(Cc2cc(C(F)(F)F)n[nH]2)C[C@H]1c1ccccc1. The van der Waals surface area contributed by atoms with Gasteiger partial charge in [-0.25, -0.2) is 0 Å². The average Bonchev–Trinajstić information content (AvgIpc) is 3.15. The van der Waals surface area contributed by atoms with Crippen LogP contribution in [0.3, 0.4) is 0 Å². The first kappa shape index (κ1) is 16.5. The molecule has 0 unspecified atom stereocenters. The van der Waals surface area contributed by atoms with E-state index in [1.54, 1.807) is 0 Å². The predicted octanol–water partition coefficient (Wildman–Crippen LogP) is 2.73. The number of hydrogen-bond donors (Lipinski definition) is 2. The molecule has 3 rings (SSSR count). The number of rotatable bonds is 4. The molecule has 1 saturated heterocycles. The van der Waals surface area contributed by atoms with Crippen LogP contribution in [0.15, 0.2) is 36.4 Å². The van der Waals surface area contributed by atoms with E-state index in [0.717, 1.165) is 11.6 Å². The molecule has 0 radical (unpaired) electrons. The summed E-state index contributed by atoms with van der Waals surface area (Å²) in [7, 11) is 0. The van der Waals surface area contributed by atoms with Gasteiger partial charge in [0.1, 0.15) is 0 Å². The van der Waals surface area contributed by atoms with Crippen LogP contribution in [0, 0.1) is 5.92 Å². The third kappa shape index (κ3) is 3.43. The molecule has 0 spiro atoms. The minimum Gasteiger partial charge on any atom is -0.481 e. The highest BCUT2D eigenvalue weighted by molar-refractivity contribution is 5.72. The first-order chi connectivity index (χ1) is 11.3. The normalized spacial score (nSPS) is 22.0. The number of carboxylic acids is 1. The first-order valence-corrected chi connectivity index (χ1v) is 7.46. The number of halogens is 3. The van der Waals surface area contributed by atoms with E-state index in [4.69, 9.17) is 0 Å². The monoisotopic (exact) mass is 339 g/mol. The maximum absolute atomic E-state index is 12.6. The third-order valence-electron chi connectivity index (χ3n) is 4.26. The van der Waals surface area contributed by atoms with Gasteiger partial charge in [-0.05, 0) is 11.6 Å². The minimum absolute atomic E-state index is 0.186. The highest BCUT2D eigenvalue weighted by atomic mass is 19.4. The van der Waals surface area contributed by atoms with Crippen molar-refractivity contribution >= 4 is 5.97 Å². The van der Waals surface area contributed by atoms with Crippen LogP contribution in [0.25, 0.3) is 0 Å². The molecule has 8 heteroatoms.